The molecule has 1 aromatic heterocycles. The number of carbonyl (C=O) groups excluding carboxylic acids is 1. The summed E-state index contributed by atoms with van der Waals surface area (Å²) in [7, 11) is 0. The van der Waals surface area contributed by atoms with Gasteiger partial charge in [0.05, 0.1) is 12.1 Å². The normalized spacial score (nSPS) is 13.3. The van der Waals surface area contributed by atoms with Crippen LogP contribution in [0.2, 0.25) is 0 Å². The Bertz CT molecular complexity index is 715. The number of halogens is 1. The van der Waals surface area contributed by atoms with Crippen LogP contribution >= 0.6 is 11.3 Å². The standard InChI is InChI=1S/C17H19FN2O3S/c1-3-10(2)16(17(22)23)20-14(21)8-15-19-13(9-24-15)11-4-6-12(18)7-5-11/h4-7,9-10,16H,3,8H2,1-2H3,(H,20,21)(H,22,23)/t10-,16-/m0/s1. The van der Waals surface area contributed by atoms with Crippen molar-refractivity contribution in [3.05, 3.63) is 40.5 Å². The summed E-state index contributed by atoms with van der Waals surface area (Å²) >= 11 is 1.31. The maximum Gasteiger partial charge on any atom is 0.326 e. The van der Waals surface area contributed by atoms with Crippen molar-refractivity contribution >= 4 is 23.2 Å². The molecule has 0 bridgehead atoms. The highest BCUT2D eigenvalue weighted by Crippen LogP contribution is 2.22. The molecule has 24 heavy (non-hydrogen) atoms. The van der Waals surface area contributed by atoms with Gasteiger partial charge >= 0.3 is 5.97 Å². The molecule has 0 aliphatic heterocycles. The predicted molar refractivity (Wildman–Crippen MR) is 90.2 cm³/mol. The van der Waals surface area contributed by atoms with Crippen molar-refractivity contribution in [2.45, 2.75) is 32.7 Å². The molecule has 1 aromatic carbocycles. The first-order valence-corrected chi connectivity index (χ1v) is 8.51. The fraction of sp³-hybridized carbons (Fsp3) is 0.353. The quantitative estimate of drug-likeness (QED) is 0.804. The van der Waals surface area contributed by atoms with Gasteiger partial charge < -0.3 is 10.4 Å². The minimum absolute atomic E-state index is 0.0199. The Hall–Kier alpha value is -2.28. The smallest absolute Gasteiger partial charge is 0.326 e. The summed E-state index contributed by atoms with van der Waals surface area (Å²) in [6.07, 6.45) is 0.676. The van der Waals surface area contributed by atoms with Gasteiger partial charge in [0, 0.05) is 10.9 Å². The Morgan fingerprint density at radius 2 is 2.00 bits per heavy atom. The number of carboxylic acid groups (broad SMARTS) is 1. The monoisotopic (exact) mass is 350 g/mol. The fourth-order valence-corrected chi connectivity index (χ4v) is 2.99. The molecule has 128 valence electrons. The zero-order valence-electron chi connectivity index (χ0n) is 13.5. The van der Waals surface area contributed by atoms with Crippen LogP contribution in [0.15, 0.2) is 29.6 Å². The minimum Gasteiger partial charge on any atom is -0.480 e. The number of thiazole rings is 1. The molecule has 2 rings (SSSR count). The second-order valence-electron chi connectivity index (χ2n) is 5.58. The zero-order chi connectivity index (χ0) is 17.7. The molecule has 0 fully saturated rings. The van der Waals surface area contributed by atoms with Crippen LogP contribution in [-0.4, -0.2) is 28.0 Å². The van der Waals surface area contributed by atoms with Gasteiger partial charge in [0.25, 0.3) is 0 Å². The van der Waals surface area contributed by atoms with E-state index in [2.05, 4.69) is 10.3 Å². The number of aliphatic carboxylic acids is 1. The first-order chi connectivity index (χ1) is 11.4. The topological polar surface area (TPSA) is 79.3 Å². The van der Waals surface area contributed by atoms with Crippen molar-refractivity contribution in [1.29, 1.82) is 0 Å². The van der Waals surface area contributed by atoms with Crippen LogP contribution < -0.4 is 5.32 Å². The van der Waals surface area contributed by atoms with Crippen LogP contribution in [0.3, 0.4) is 0 Å². The number of nitrogens with zero attached hydrogens (tertiary/aromatic N) is 1. The number of carbonyl (C=O) groups is 2. The molecule has 0 saturated heterocycles. The van der Waals surface area contributed by atoms with E-state index >= 15 is 0 Å². The van der Waals surface area contributed by atoms with Gasteiger partial charge in [0.15, 0.2) is 0 Å². The summed E-state index contributed by atoms with van der Waals surface area (Å²) in [5.74, 6) is -1.89. The molecule has 0 aliphatic carbocycles. The molecule has 0 radical (unpaired) electrons. The van der Waals surface area contributed by atoms with Gasteiger partial charge in [0.2, 0.25) is 5.91 Å². The summed E-state index contributed by atoms with van der Waals surface area (Å²) in [5, 5.41) is 14.1. The number of carboxylic acids is 1. The van der Waals surface area contributed by atoms with E-state index in [4.69, 9.17) is 0 Å². The average Bonchev–Trinajstić information content (AvgIpc) is 3.00. The zero-order valence-corrected chi connectivity index (χ0v) is 14.3. The number of benzene rings is 1. The summed E-state index contributed by atoms with van der Waals surface area (Å²) in [4.78, 5) is 27.7. The number of hydrogen-bond donors (Lipinski definition) is 2. The van der Waals surface area contributed by atoms with E-state index in [9.17, 15) is 19.1 Å². The average molecular weight is 350 g/mol. The van der Waals surface area contributed by atoms with Crippen LogP contribution in [0.4, 0.5) is 4.39 Å². The van der Waals surface area contributed by atoms with Crippen LogP contribution in [-0.2, 0) is 16.0 Å². The number of amides is 1. The number of nitrogens with one attached hydrogen (secondary N) is 1. The molecule has 1 heterocycles. The predicted octanol–water partition coefficient (Wildman–Crippen LogP) is 3.11. The molecule has 0 spiro atoms. The Kier molecular flexibility index (Phi) is 6.03. The SMILES string of the molecule is CC[C@H](C)[C@H](NC(=O)Cc1nc(-c2ccc(F)cc2)cs1)C(=O)O. The second-order valence-corrected chi connectivity index (χ2v) is 6.52. The van der Waals surface area contributed by atoms with Crippen molar-refractivity contribution in [2.75, 3.05) is 0 Å². The molecule has 1 amide bonds. The van der Waals surface area contributed by atoms with E-state index in [0.717, 1.165) is 5.56 Å². The molecule has 0 aliphatic rings. The van der Waals surface area contributed by atoms with Gasteiger partial charge in [-0.25, -0.2) is 14.2 Å². The highest BCUT2D eigenvalue weighted by atomic mass is 32.1. The highest BCUT2D eigenvalue weighted by molar-refractivity contribution is 7.10. The molecular formula is C17H19FN2O3S. The van der Waals surface area contributed by atoms with E-state index in [1.165, 1.54) is 23.5 Å². The Morgan fingerprint density at radius 3 is 2.58 bits per heavy atom. The molecule has 0 saturated carbocycles. The molecule has 2 atom stereocenters. The lowest BCUT2D eigenvalue weighted by molar-refractivity contribution is -0.143. The van der Waals surface area contributed by atoms with Crippen LogP contribution in [0.1, 0.15) is 25.3 Å². The van der Waals surface area contributed by atoms with Crippen LogP contribution in [0.5, 0.6) is 0 Å². The van der Waals surface area contributed by atoms with Crippen molar-refractivity contribution < 1.29 is 19.1 Å². The largest absolute Gasteiger partial charge is 0.480 e. The first-order valence-electron chi connectivity index (χ1n) is 7.63. The van der Waals surface area contributed by atoms with Crippen molar-refractivity contribution in [3.8, 4) is 11.3 Å². The van der Waals surface area contributed by atoms with Gasteiger partial charge in [-0.1, -0.05) is 20.3 Å². The molecule has 2 N–H and O–H groups in total. The molecule has 2 aromatic rings. The lowest BCUT2D eigenvalue weighted by atomic mass is 9.99. The van der Waals surface area contributed by atoms with E-state index < -0.39 is 12.0 Å². The Balaban J connectivity index is 2.02. The molecule has 5 nitrogen and oxygen atoms in total. The molecule has 7 heteroatoms. The van der Waals surface area contributed by atoms with Gasteiger partial charge in [-0.3, -0.25) is 4.79 Å². The van der Waals surface area contributed by atoms with Crippen molar-refractivity contribution in [2.24, 2.45) is 5.92 Å². The lowest BCUT2D eigenvalue weighted by Crippen LogP contribution is -2.45. The van der Waals surface area contributed by atoms with E-state index in [1.807, 2.05) is 6.92 Å². The van der Waals surface area contributed by atoms with Crippen LogP contribution in [0, 0.1) is 11.7 Å². The lowest BCUT2D eigenvalue weighted by Gasteiger charge is -2.19. The minimum atomic E-state index is -1.04. The maximum atomic E-state index is 12.9. The van der Waals surface area contributed by atoms with Crippen molar-refractivity contribution in [1.82, 2.24) is 10.3 Å². The van der Waals surface area contributed by atoms with Gasteiger partial charge in [-0.15, -0.1) is 11.3 Å². The van der Waals surface area contributed by atoms with Gasteiger partial charge in [0.1, 0.15) is 16.9 Å². The third-order valence-electron chi connectivity index (χ3n) is 3.80. The summed E-state index contributed by atoms with van der Waals surface area (Å²) in [6.45, 7) is 3.66. The van der Waals surface area contributed by atoms with Crippen molar-refractivity contribution in [3.63, 3.8) is 0 Å². The van der Waals surface area contributed by atoms with Crippen LogP contribution in [0.25, 0.3) is 11.3 Å². The summed E-state index contributed by atoms with van der Waals surface area (Å²) in [5.41, 5.74) is 1.43. The third-order valence-corrected chi connectivity index (χ3v) is 4.65. The highest BCUT2D eigenvalue weighted by Gasteiger charge is 2.25. The number of aromatic nitrogens is 1. The van der Waals surface area contributed by atoms with E-state index in [-0.39, 0.29) is 24.1 Å². The molecular weight excluding hydrogens is 331 g/mol. The molecule has 0 unspecified atom stereocenters. The third kappa shape index (κ3) is 4.61. The Morgan fingerprint density at radius 1 is 1.33 bits per heavy atom. The van der Waals surface area contributed by atoms with Gasteiger partial charge in [-0.2, -0.15) is 0 Å². The first kappa shape index (κ1) is 18.1. The van der Waals surface area contributed by atoms with E-state index in [1.54, 1.807) is 24.4 Å². The number of rotatable bonds is 7. The Labute approximate surface area is 143 Å². The number of hydrogen-bond acceptors (Lipinski definition) is 4. The maximum absolute atomic E-state index is 12.9. The summed E-state index contributed by atoms with van der Waals surface area (Å²) < 4.78 is 12.9. The van der Waals surface area contributed by atoms with E-state index in [0.29, 0.717) is 17.1 Å². The van der Waals surface area contributed by atoms with Gasteiger partial charge in [-0.05, 0) is 30.2 Å². The fourth-order valence-electron chi connectivity index (χ4n) is 2.19. The summed E-state index contributed by atoms with van der Waals surface area (Å²) in [6, 6.07) is 5.05. The second kappa shape index (κ2) is 8.01.